The standard InChI is InChI=1S/C11H14N2O/c1-13-10(6-7-12-13)4-2-9-3-5-11(14)8-9/h6-8H,2-5H2,1H3. The highest BCUT2D eigenvalue weighted by molar-refractivity contribution is 5.92. The van der Waals surface area contributed by atoms with Crippen molar-refractivity contribution in [3.8, 4) is 0 Å². The van der Waals surface area contributed by atoms with E-state index in [0.29, 0.717) is 6.42 Å². The molecule has 0 spiro atoms. The van der Waals surface area contributed by atoms with Gasteiger partial charge in [0.05, 0.1) is 0 Å². The van der Waals surface area contributed by atoms with Crippen LogP contribution in [0, 0.1) is 0 Å². The Labute approximate surface area is 83.4 Å². The number of rotatable bonds is 3. The molecule has 0 amide bonds. The minimum atomic E-state index is 0.282. The van der Waals surface area contributed by atoms with Gasteiger partial charge in [-0.05, 0) is 31.4 Å². The van der Waals surface area contributed by atoms with E-state index in [0.717, 1.165) is 19.3 Å². The van der Waals surface area contributed by atoms with E-state index in [1.165, 1.54) is 11.3 Å². The van der Waals surface area contributed by atoms with Crippen LogP contribution in [0.3, 0.4) is 0 Å². The first-order valence-electron chi connectivity index (χ1n) is 4.95. The summed E-state index contributed by atoms with van der Waals surface area (Å²) in [5.74, 6) is 0.282. The lowest BCUT2D eigenvalue weighted by molar-refractivity contribution is -0.114. The fraction of sp³-hybridized carbons (Fsp3) is 0.455. The Bertz CT molecular complexity index is 376. The summed E-state index contributed by atoms with van der Waals surface area (Å²) in [6.45, 7) is 0. The molecule has 0 bridgehead atoms. The van der Waals surface area contributed by atoms with Crippen LogP contribution in [0.15, 0.2) is 23.9 Å². The predicted octanol–water partition coefficient (Wildman–Crippen LogP) is 1.64. The molecule has 0 radical (unpaired) electrons. The summed E-state index contributed by atoms with van der Waals surface area (Å²) in [6.07, 6.45) is 7.25. The first-order chi connectivity index (χ1) is 6.75. The number of hydrogen-bond donors (Lipinski definition) is 0. The van der Waals surface area contributed by atoms with Crippen LogP contribution in [-0.2, 0) is 18.3 Å². The highest BCUT2D eigenvalue weighted by Gasteiger charge is 2.11. The van der Waals surface area contributed by atoms with E-state index in [-0.39, 0.29) is 5.78 Å². The van der Waals surface area contributed by atoms with Gasteiger partial charge < -0.3 is 0 Å². The molecule has 0 aliphatic heterocycles. The molecule has 1 aromatic rings. The molecule has 1 heterocycles. The lowest BCUT2D eigenvalue weighted by atomic mass is 10.1. The summed E-state index contributed by atoms with van der Waals surface area (Å²) in [7, 11) is 1.95. The molecular weight excluding hydrogens is 176 g/mol. The molecule has 0 saturated heterocycles. The second-order valence-electron chi connectivity index (χ2n) is 3.72. The van der Waals surface area contributed by atoms with Crippen molar-refractivity contribution in [3.05, 3.63) is 29.6 Å². The SMILES string of the molecule is Cn1nccc1CCC1=CC(=O)CC1. The van der Waals surface area contributed by atoms with Gasteiger partial charge in [-0.3, -0.25) is 9.48 Å². The number of ketones is 1. The number of carbonyl (C=O) groups excluding carboxylic acids is 1. The Morgan fingerprint density at radius 1 is 1.43 bits per heavy atom. The van der Waals surface area contributed by atoms with Gasteiger partial charge in [0.15, 0.2) is 5.78 Å². The summed E-state index contributed by atoms with van der Waals surface area (Å²) in [5.41, 5.74) is 2.52. The molecule has 1 aliphatic rings. The zero-order valence-electron chi connectivity index (χ0n) is 8.36. The molecule has 1 aromatic heterocycles. The van der Waals surface area contributed by atoms with Crippen LogP contribution < -0.4 is 0 Å². The Kier molecular flexibility index (Phi) is 2.48. The Balaban J connectivity index is 1.92. The average Bonchev–Trinajstić information content (AvgIpc) is 2.72. The monoisotopic (exact) mass is 190 g/mol. The topological polar surface area (TPSA) is 34.9 Å². The van der Waals surface area contributed by atoms with Crippen molar-refractivity contribution in [2.24, 2.45) is 7.05 Å². The van der Waals surface area contributed by atoms with E-state index in [1.807, 2.05) is 24.0 Å². The quantitative estimate of drug-likeness (QED) is 0.726. The molecule has 2 rings (SSSR count). The van der Waals surface area contributed by atoms with Gasteiger partial charge in [-0.15, -0.1) is 0 Å². The zero-order valence-corrected chi connectivity index (χ0v) is 8.36. The summed E-state index contributed by atoms with van der Waals surface area (Å²) < 4.78 is 1.89. The van der Waals surface area contributed by atoms with Crippen molar-refractivity contribution < 1.29 is 4.79 Å². The fourth-order valence-corrected chi connectivity index (χ4v) is 1.79. The molecule has 0 aromatic carbocycles. The first kappa shape index (κ1) is 9.19. The van der Waals surface area contributed by atoms with E-state index in [4.69, 9.17) is 0 Å². The van der Waals surface area contributed by atoms with Crippen LogP contribution in [-0.4, -0.2) is 15.6 Å². The van der Waals surface area contributed by atoms with Gasteiger partial charge in [0, 0.05) is 25.4 Å². The molecule has 0 atom stereocenters. The van der Waals surface area contributed by atoms with E-state index >= 15 is 0 Å². The highest BCUT2D eigenvalue weighted by Crippen LogP contribution is 2.19. The predicted molar refractivity (Wildman–Crippen MR) is 53.9 cm³/mol. The molecule has 0 N–H and O–H groups in total. The van der Waals surface area contributed by atoms with E-state index in [9.17, 15) is 4.79 Å². The minimum Gasteiger partial charge on any atom is -0.295 e. The van der Waals surface area contributed by atoms with Gasteiger partial charge in [-0.2, -0.15) is 5.10 Å². The van der Waals surface area contributed by atoms with Crippen molar-refractivity contribution in [3.63, 3.8) is 0 Å². The lowest BCUT2D eigenvalue weighted by Crippen LogP contribution is -1.98. The van der Waals surface area contributed by atoms with Gasteiger partial charge >= 0.3 is 0 Å². The molecule has 0 saturated carbocycles. The van der Waals surface area contributed by atoms with Crippen LogP contribution in [0.25, 0.3) is 0 Å². The van der Waals surface area contributed by atoms with E-state index in [2.05, 4.69) is 5.10 Å². The number of aromatic nitrogens is 2. The Hall–Kier alpha value is -1.38. The van der Waals surface area contributed by atoms with Crippen LogP contribution in [0.5, 0.6) is 0 Å². The maximum absolute atomic E-state index is 11.0. The van der Waals surface area contributed by atoms with Gasteiger partial charge in [0.2, 0.25) is 0 Å². The molecule has 1 aliphatic carbocycles. The van der Waals surface area contributed by atoms with Gasteiger partial charge in [0.25, 0.3) is 0 Å². The number of aryl methyl sites for hydroxylation is 2. The number of hydrogen-bond acceptors (Lipinski definition) is 2. The lowest BCUT2D eigenvalue weighted by Gasteiger charge is -2.01. The maximum Gasteiger partial charge on any atom is 0.155 e. The average molecular weight is 190 g/mol. The smallest absolute Gasteiger partial charge is 0.155 e. The summed E-state index contributed by atoms with van der Waals surface area (Å²) in [5, 5.41) is 4.11. The van der Waals surface area contributed by atoms with Crippen molar-refractivity contribution in [1.82, 2.24) is 9.78 Å². The Morgan fingerprint density at radius 3 is 2.86 bits per heavy atom. The normalized spacial score (nSPS) is 16.1. The summed E-state index contributed by atoms with van der Waals surface area (Å²) in [6, 6.07) is 2.03. The molecule has 0 fully saturated rings. The molecule has 14 heavy (non-hydrogen) atoms. The highest BCUT2D eigenvalue weighted by atomic mass is 16.1. The van der Waals surface area contributed by atoms with Gasteiger partial charge in [0.1, 0.15) is 0 Å². The van der Waals surface area contributed by atoms with Crippen molar-refractivity contribution in [1.29, 1.82) is 0 Å². The summed E-state index contributed by atoms with van der Waals surface area (Å²) >= 11 is 0. The number of nitrogens with zero attached hydrogens (tertiary/aromatic N) is 2. The number of carbonyl (C=O) groups is 1. The maximum atomic E-state index is 11.0. The second kappa shape index (κ2) is 3.78. The molecule has 0 unspecified atom stereocenters. The van der Waals surface area contributed by atoms with E-state index < -0.39 is 0 Å². The first-order valence-corrected chi connectivity index (χ1v) is 4.95. The van der Waals surface area contributed by atoms with Crippen molar-refractivity contribution in [2.75, 3.05) is 0 Å². The molecule has 3 nitrogen and oxygen atoms in total. The minimum absolute atomic E-state index is 0.282. The van der Waals surface area contributed by atoms with Crippen molar-refractivity contribution in [2.45, 2.75) is 25.7 Å². The number of allylic oxidation sites excluding steroid dienone is 2. The third-order valence-electron chi connectivity index (χ3n) is 2.68. The Morgan fingerprint density at radius 2 is 2.29 bits per heavy atom. The third-order valence-corrected chi connectivity index (χ3v) is 2.68. The van der Waals surface area contributed by atoms with Crippen LogP contribution >= 0.6 is 0 Å². The fourth-order valence-electron chi connectivity index (χ4n) is 1.79. The van der Waals surface area contributed by atoms with Gasteiger partial charge in [-0.1, -0.05) is 5.57 Å². The van der Waals surface area contributed by atoms with Gasteiger partial charge in [-0.25, -0.2) is 0 Å². The molecular formula is C11H14N2O. The molecule has 3 heteroatoms. The van der Waals surface area contributed by atoms with Crippen molar-refractivity contribution >= 4 is 5.78 Å². The van der Waals surface area contributed by atoms with Crippen LogP contribution in [0.1, 0.15) is 25.0 Å². The molecule has 74 valence electrons. The third kappa shape index (κ3) is 1.92. The zero-order chi connectivity index (χ0) is 9.97. The second-order valence-corrected chi connectivity index (χ2v) is 3.72. The van der Waals surface area contributed by atoms with Crippen LogP contribution in [0.2, 0.25) is 0 Å². The van der Waals surface area contributed by atoms with Crippen LogP contribution in [0.4, 0.5) is 0 Å². The largest absolute Gasteiger partial charge is 0.295 e. The summed E-state index contributed by atoms with van der Waals surface area (Å²) in [4.78, 5) is 11.0. The van der Waals surface area contributed by atoms with E-state index in [1.54, 1.807) is 6.08 Å².